The molecule has 0 spiro atoms. The number of nitrogens with zero attached hydrogens (tertiary/aromatic N) is 5. The molecule has 9 nitrogen and oxygen atoms in total. The minimum absolute atomic E-state index is 0.0446. The molecule has 0 aliphatic heterocycles. The second kappa shape index (κ2) is 6.71. The lowest BCUT2D eigenvalue weighted by atomic mass is 10.1. The van der Waals surface area contributed by atoms with Gasteiger partial charge in [0, 0.05) is 16.9 Å². The number of benzene rings is 1. The van der Waals surface area contributed by atoms with Crippen LogP contribution >= 0.6 is 0 Å². The molecule has 0 aliphatic rings. The third-order valence-corrected chi connectivity index (χ3v) is 3.75. The number of nitro groups is 1. The standard InChI is InChI=1S/C17H16N6O3/c1-10-8-11(2)22(21-10)17-15(23(25)26)16(18-9-19-17)20-14-6-4-13(5-7-14)12(3)24/h4-9H,1-3H3,(H,18,19,20). The molecule has 0 unspecified atom stereocenters. The van der Waals surface area contributed by atoms with Gasteiger partial charge in [-0.3, -0.25) is 14.9 Å². The summed E-state index contributed by atoms with van der Waals surface area (Å²) >= 11 is 0. The van der Waals surface area contributed by atoms with Crippen molar-refractivity contribution >= 4 is 23.0 Å². The van der Waals surface area contributed by atoms with Gasteiger partial charge < -0.3 is 5.32 Å². The maximum Gasteiger partial charge on any atom is 0.355 e. The molecular formula is C17H16N6O3. The molecule has 3 aromatic rings. The van der Waals surface area contributed by atoms with Gasteiger partial charge in [0.25, 0.3) is 0 Å². The maximum absolute atomic E-state index is 11.7. The highest BCUT2D eigenvalue weighted by molar-refractivity contribution is 5.94. The Bertz CT molecular complexity index is 994. The average Bonchev–Trinajstić information content (AvgIpc) is 2.93. The van der Waals surface area contributed by atoms with Gasteiger partial charge in [-0.15, -0.1) is 0 Å². The summed E-state index contributed by atoms with van der Waals surface area (Å²) in [4.78, 5) is 30.5. The van der Waals surface area contributed by atoms with Crippen LogP contribution in [0.5, 0.6) is 0 Å². The summed E-state index contributed by atoms with van der Waals surface area (Å²) in [5, 5.41) is 18.8. The molecular weight excluding hydrogens is 336 g/mol. The minimum Gasteiger partial charge on any atom is -0.334 e. The lowest BCUT2D eigenvalue weighted by Crippen LogP contribution is -2.09. The van der Waals surface area contributed by atoms with Crippen LogP contribution in [-0.2, 0) is 0 Å². The predicted molar refractivity (Wildman–Crippen MR) is 95.0 cm³/mol. The first-order chi connectivity index (χ1) is 12.4. The summed E-state index contributed by atoms with van der Waals surface area (Å²) in [5.41, 5.74) is 2.28. The van der Waals surface area contributed by atoms with Crippen molar-refractivity contribution in [2.45, 2.75) is 20.8 Å². The van der Waals surface area contributed by atoms with E-state index in [0.29, 0.717) is 11.3 Å². The largest absolute Gasteiger partial charge is 0.355 e. The first-order valence-electron chi connectivity index (χ1n) is 7.78. The highest BCUT2D eigenvalue weighted by Gasteiger charge is 2.26. The van der Waals surface area contributed by atoms with E-state index < -0.39 is 4.92 Å². The quantitative estimate of drug-likeness (QED) is 0.426. The van der Waals surface area contributed by atoms with E-state index in [2.05, 4.69) is 20.4 Å². The third kappa shape index (κ3) is 3.27. The summed E-state index contributed by atoms with van der Waals surface area (Å²) in [6, 6.07) is 8.40. The van der Waals surface area contributed by atoms with Crippen molar-refractivity contribution in [2.24, 2.45) is 0 Å². The Balaban J connectivity index is 2.05. The minimum atomic E-state index is -0.544. The van der Waals surface area contributed by atoms with Crippen molar-refractivity contribution in [1.82, 2.24) is 19.7 Å². The smallest absolute Gasteiger partial charge is 0.334 e. The molecule has 2 aromatic heterocycles. The second-order valence-corrected chi connectivity index (χ2v) is 5.75. The van der Waals surface area contributed by atoms with Crippen LogP contribution in [0.3, 0.4) is 0 Å². The van der Waals surface area contributed by atoms with E-state index in [1.54, 1.807) is 44.2 Å². The molecule has 0 saturated heterocycles. The number of aryl methyl sites for hydroxylation is 2. The number of Topliss-reactive ketones (excluding diaryl/α,β-unsaturated/α-hetero) is 1. The van der Waals surface area contributed by atoms with Crippen LogP contribution in [0.4, 0.5) is 17.2 Å². The molecule has 1 aromatic carbocycles. The van der Waals surface area contributed by atoms with E-state index in [1.807, 2.05) is 0 Å². The van der Waals surface area contributed by atoms with Gasteiger partial charge >= 0.3 is 5.69 Å². The summed E-state index contributed by atoms with van der Waals surface area (Å²) in [6.07, 6.45) is 1.24. The zero-order valence-electron chi connectivity index (χ0n) is 14.4. The van der Waals surface area contributed by atoms with Crippen molar-refractivity contribution in [3.05, 3.63) is 63.7 Å². The maximum atomic E-state index is 11.7. The molecule has 0 amide bonds. The summed E-state index contributed by atoms with van der Waals surface area (Å²) in [5.74, 6) is 0.0676. The number of rotatable bonds is 5. The molecule has 0 atom stereocenters. The molecule has 0 saturated carbocycles. The van der Waals surface area contributed by atoms with E-state index >= 15 is 0 Å². The molecule has 26 heavy (non-hydrogen) atoms. The van der Waals surface area contributed by atoms with Gasteiger partial charge in [-0.25, -0.2) is 14.6 Å². The molecule has 1 N–H and O–H groups in total. The molecule has 0 radical (unpaired) electrons. The summed E-state index contributed by atoms with van der Waals surface area (Å²) < 4.78 is 1.42. The van der Waals surface area contributed by atoms with Gasteiger partial charge in [0.1, 0.15) is 6.33 Å². The fourth-order valence-corrected chi connectivity index (χ4v) is 2.55. The molecule has 0 aliphatic carbocycles. The van der Waals surface area contributed by atoms with E-state index in [0.717, 1.165) is 11.4 Å². The molecule has 0 bridgehead atoms. The van der Waals surface area contributed by atoms with Gasteiger partial charge in [-0.05, 0) is 51.1 Å². The average molecular weight is 352 g/mol. The normalized spacial score (nSPS) is 10.6. The Morgan fingerprint density at radius 3 is 2.42 bits per heavy atom. The Labute approximate surface area is 148 Å². The van der Waals surface area contributed by atoms with E-state index in [1.165, 1.54) is 17.9 Å². The van der Waals surface area contributed by atoms with Crippen LogP contribution in [0.1, 0.15) is 28.7 Å². The van der Waals surface area contributed by atoms with Gasteiger partial charge in [0.15, 0.2) is 5.78 Å². The lowest BCUT2D eigenvalue weighted by Gasteiger charge is -2.09. The first kappa shape index (κ1) is 17.2. The number of carbonyl (C=O) groups excluding carboxylic acids is 1. The number of aromatic nitrogens is 4. The fourth-order valence-electron chi connectivity index (χ4n) is 2.55. The third-order valence-electron chi connectivity index (χ3n) is 3.75. The van der Waals surface area contributed by atoms with Gasteiger partial charge in [0.2, 0.25) is 11.6 Å². The van der Waals surface area contributed by atoms with Crippen molar-refractivity contribution in [1.29, 1.82) is 0 Å². The number of ketones is 1. The van der Waals surface area contributed by atoms with E-state index in [9.17, 15) is 14.9 Å². The topological polar surface area (TPSA) is 116 Å². The number of hydrogen-bond donors (Lipinski definition) is 1. The van der Waals surface area contributed by atoms with Gasteiger partial charge in [-0.2, -0.15) is 5.10 Å². The van der Waals surface area contributed by atoms with Crippen molar-refractivity contribution < 1.29 is 9.72 Å². The van der Waals surface area contributed by atoms with Crippen molar-refractivity contribution in [3.8, 4) is 5.82 Å². The first-order valence-corrected chi connectivity index (χ1v) is 7.78. The lowest BCUT2D eigenvalue weighted by molar-refractivity contribution is -0.384. The highest BCUT2D eigenvalue weighted by Crippen LogP contribution is 2.30. The predicted octanol–water partition coefficient (Wildman–Crippen LogP) is 3.13. The Morgan fingerprint density at radius 2 is 1.88 bits per heavy atom. The summed E-state index contributed by atoms with van der Waals surface area (Å²) in [6.45, 7) is 5.06. The highest BCUT2D eigenvalue weighted by atomic mass is 16.6. The number of carbonyl (C=O) groups is 1. The van der Waals surface area contributed by atoms with Crippen LogP contribution in [0.15, 0.2) is 36.7 Å². The number of hydrogen-bond acceptors (Lipinski definition) is 7. The second-order valence-electron chi connectivity index (χ2n) is 5.75. The van der Waals surface area contributed by atoms with E-state index in [4.69, 9.17) is 0 Å². The van der Waals surface area contributed by atoms with E-state index in [-0.39, 0.29) is 23.1 Å². The molecule has 3 rings (SSSR count). The van der Waals surface area contributed by atoms with Crippen LogP contribution in [0, 0.1) is 24.0 Å². The van der Waals surface area contributed by atoms with Crippen molar-refractivity contribution in [3.63, 3.8) is 0 Å². The SMILES string of the molecule is CC(=O)c1ccc(Nc2ncnc(-n3nc(C)cc3C)c2[N+](=O)[O-])cc1. The zero-order valence-corrected chi connectivity index (χ0v) is 14.4. The summed E-state index contributed by atoms with van der Waals surface area (Å²) in [7, 11) is 0. The van der Waals surface area contributed by atoms with Crippen LogP contribution < -0.4 is 5.32 Å². The Morgan fingerprint density at radius 1 is 1.19 bits per heavy atom. The van der Waals surface area contributed by atoms with Crippen molar-refractivity contribution in [2.75, 3.05) is 5.32 Å². The monoisotopic (exact) mass is 352 g/mol. The molecule has 9 heteroatoms. The Kier molecular flexibility index (Phi) is 4.44. The van der Waals surface area contributed by atoms with Gasteiger partial charge in [-0.1, -0.05) is 0 Å². The number of nitrogens with one attached hydrogen (secondary N) is 1. The number of anilines is 2. The van der Waals surface area contributed by atoms with Crippen LogP contribution in [-0.4, -0.2) is 30.5 Å². The Hall–Kier alpha value is -3.62. The molecule has 132 valence electrons. The van der Waals surface area contributed by atoms with Crippen LogP contribution in [0.25, 0.3) is 5.82 Å². The fraction of sp³-hybridized carbons (Fsp3) is 0.176. The molecule has 0 fully saturated rings. The zero-order chi connectivity index (χ0) is 18.8. The molecule has 2 heterocycles. The van der Waals surface area contributed by atoms with Gasteiger partial charge in [0.05, 0.1) is 10.6 Å². The van der Waals surface area contributed by atoms with Crippen LogP contribution in [0.2, 0.25) is 0 Å².